The van der Waals surface area contributed by atoms with Gasteiger partial charge in [0.25, 0.3) is 0 Å². The predicted octanol–water partition coefficient (Wildman–Crippen LogP) is 0.916. The number of fused-ring (bicyclic) bond motifs is 2. The number of aromatic nitrogens is 1. The molecule has 0 spiro atoms. The highest BCUT2D eigenvalue weighted by Gasteiger charge is 2.51. The number of pyridine rings is 1. The van der Waals surface area contributed by atoms with E-state index in [-0.39, 0.29) is 55.9 Å². The van der Waals surface area contributed by atoms with Crippen molar-refractivity contribution in [1.82, 2.24) is 19.7 Å². The molecule has 1 saturated heterocycles. The number of carboxylic acids is 1. The molecule has 1 aromatic heterocycles. The molecule has 1 aliphatic carbocycles. The minimum Gasteiger partial charge on any atom is -0.480 e. The Morgan fingerprint density at radius 3 is 2.65 bits per heavy atom. The Kier molecular flexibility index (Phi) is 11.5. The first-order chi connectivity index (χ1) is 25.8. The maximum atomic E-state index is 13.8. The fraction of sp³-hybridized carbons (Fsp3) is 0.459. The number of carbonyl (C=O) groups is 6. The Labute approximate surface area is 316 Å². The van der Waals surface area contributed by atoms with Gasteiger partial charge in [-0.2, -0.15) is 0 Å². The van der Waals surface area contributed by atoms with Gasteiger partial charge in [0.05, 0.1) is 34.8 Å². The summed E-state index contributed by atoms with van der Waals surface area (Å²) in [5.41, 5.74) is 15.5. The molecule has 1 unspecified atom stereocenters. The molecule has 1 aromatic carbocycles. The number of likely N-dealkylation sites (tertiary alicyclic amines) is 1. The summed E-state index contributed by atoms with van der Waals surface area (Å²) in [5.74, 6) is -2.84. The lowest BCUT2D eigenvalue weighted by Crippen LogP contribution is -2.45. The molecule has 2 fully saturated rings. The number of aliphatic carboxylic acids is 1. The number of amidine groups is 1. The van der Waals surface area contributed by atoms with Gasteiger partial charge in [0.2, 0.25) is 29.5 Å². The number of benzene rings is 1. The van der Waals surface area contributed by atoms with E-state index in [1.807, 2.05) is 25.1 Å². The quantitative estimate of drug-likeness (QED) is 0.169. The molecule has 0 bridgehead atoms. The van der Waals surface area contributed by atoms with Crippen molar-refractivity contribution in [1.29, 1.82) is 0 Å². The standard InChI is InChI=1S/C37H44N8O8S/c1-2-8-43(10-11-46)33(49)22-12-21-3-4-24(15-28(21)42-30(39)14-22)37(6-7-37)36(53)41-25-13-23-18-44(9-5-27(23)40-17-25)32(48)19-45-31(47)16-29(34(45)50)54-20-26(38)35(51)52/h3-4,12-13,15,17,26,29,46H,2,5-11,14,16,18-20,38H2,1H3,(H2,39,42)(H,41,53)(H,51,52)/t26-,29?/m0/s1. The van der Waals surface area contributed by atoms with E-state index < -0.39 is 46.9 Å². The number of carbonyl (C=O) groups excluding carboxylic acids is 5. The zero-order valence-corrected chi connectivity index (χ0v) is 30.8. The van der Waals surface area contributed by atoms with E-state index in [2.05, 4.69) is 15.3 Å². The Balaban J connectivity index is 1.11. The Bertz CT molecular complexity index is 1940. The van der Waals surface area contributed by atoms with Crippen LogP contribution in [0.3, 0.4) is 0 Å². The van der Waals surface area contributed by atoms with Gasteiger partial charge in [-0.3, -0.25) is 38.7 Å². The number of nitrogens with zero attached hydrogens (tertiary/aromatic N) is 5. The number of carboxylic acid groups (broad SMARTS) is 1. The van der Waals surface area contributed by atoms with E-state index in [0.717, 1.165) is 39.9 Å². The van der Waals surface area contributed by atoms with Gasteiger partial charge in [0.1, 0.15) is 18.4 Å². The highest BCUT2D eigenvalue weighted by Crippen LogP contribution is 2.50. The molecule has 2 atom stereocenters. The SMILES string of the molecule is CCCN(CCO)C(=O)C1=Cc2ccc(C3(C(=O)Nc4cnc5c(c4)CN(C(=O)CN4C(=O)CC(SC[C@H](N)C(=O)O)C4=O)CC5)CC3)cc2N=C(N)C1. The number of nitrogens with one attached hydrogen (secondary N) is 1. The Hall–Kier alpha value is -5.13. The Morgan fingerprint density at radius 1 is 1.17 bits per heavy atom. The molecule has 0 radical (unpaired) electrons. The van der Waals surface area contributed by atoms with Crippen LogP contribution in [0.4, 0.5) is 11.4 Å². The number of hydrogen-bond donors (Lipinski definition) is 5. The normalized spacial score (nSPS) is 19.2. The van der Waals surface area contributed by atoms with Crippen LogP contribution in [0.2, 0.25) is 0 Å². The van der Waals surface area contributed by atoms with Gasteiger partial charge in [0, 0.05) is 68.0 Å². The third kappa shape index (κ3) is 8.17. The zero-order valence-electron chi connectivity index (χ0n) is 30.0. The largest absolute Gasteiger partial charge is 0.480 e. The molecule has 6 rings (SSSR count). The summed E-state index contributed by atoms with van der Waals surface area (Å²) in [6.45, 7) is 2.64. The summed E-state index contributed by atoms with van der Waals surface area (Å²) in [4.78, 5) is 90.2. The van der Waals surface area contributed by atoms with Gasteiger partial charge < -0.3 is 36.8 Å². The summed E-state index contributed by atoms with van der Waals surface area (Å²) in [7, 11) is 0. The molecule has 16 nitrogen and oxygen atoms in total. The molecular formula is C37H44N8O8S. The van der Waals surface area contributed by atoms with Crippen LogP contribution in [0.15, 0.2) is 41.0 Å². The van der Waals surface area contributed by atoms with Crippen LogP contribution in [0.1, 0.15) is 61.4 Å². The molecule has 17 heteroatoms. The van der Waals surface area contributed by atoms with Crippen molar-refractivity contribution in [2.24, 2.45) is 16.5 Å². The summed E-state index contributed by atoms with van der Waals surface area (Å²) in [6, 6.07) is 6.16. The maximum absolute atomic E-state index is 13.8. The predicted molar refractivity (Wildman–Crippen MR) is 200 cm³/mol. The van der Waals surface area contributed by atoms with Crippen LogP contribution in [0, 0.1) is 0 Å². The average molecular weight is 761 g/mol. The highest BCUT2D eigenvalue weighted by atomic mass is 32.2. The first-order valence-corrected chi connectivity index (χ1v) is 19.0. The zero-order chi connectivity index (χ0) is 38.7. The molecule has 3 aliphatic heterocycles. The number of anilines is 1. The second kappa shape index (κ2) is 16.1. The first-order valence-electron chi connectivity index (χ1n) is 17.9. The van der Waals surface area contributed by atoms with Crippen molar-refractivity contribution in [3.8, 4) is 0 Å². The van der Waals surface area contributed by atoms with Crippen molar-refractivity contribution in [3.05, 3.63) is 58.4 Å². The highest BCUT2D eigenvalue weighted by molar-refractivity contribution is 8.00. The van der Waals surface area contributed by atoms with Crippen molar-refractivity contribution < 1.29 is 39.0 Å². The van der Waals surface area contributed by atoms with E-state index >= 15 is 0 Å². The van der Waals surface area contributed by atoms with E-state index in [1.165, 1.54) is 0 Å². The third-order valence-corrected chi connectivity index (χ3v) is 11.4. The number of hydrogen-bond acceptors (Lipinski definition) is 12. The lowest BCUT2D eigenvalue weighted by molar-refractivity contribution is -0.145. The van der Waals surface area contributed by atoms with Gasteiger partial charge in [-0.05, 0) is 48.6 Å². The van der Waals surface area contributed by atoms with Crippen LogP contribution >= 0.6 is 11.8 Å². The second-order valence-corrected chi connectivity index (χ2v) is 15.2. The number of aliphatic hydroxyl groups is 1. The van der Waals surface area contributed by atoms with Crippen LogP contribution in [0.25, 0.3) is 6.08 Å². The van der Waals surface area contributed by atoms with Crippen LogP contribution < -0.4 is 16.8 Å². The fourth-order valence-corrected chi connectivity index (χ4v) is 8.05. The minimum absolute atomic E-state index is 0.0408. The molecule has 4 aliphatic rings. The summed E-state index contributed by atoms with van der Waals surface area (Å²) < 4.78 is 0. The topological polar surface area (TPSA) is 242 Å². The smallest absolute Gasteiger partial charge is 0.321 e. The average Bonchev–Trinajstić information content (AvgIpc) is 3.94. The van der Waals surface area contributed by atoms with E-state index in [1.54, 1.807) is 28.1 Å². The number of imide groups is 1. The molecule has 286 valence electrons. The summed E-state index contributed by atoms with van der Waals surface area (Å²) in [5, 5.41) is 20.7. The monoisotopic (exact) mass is 760 g/mol. The minimum atomic E-state index is -1.20. The van der Waals surface area contributed by atoms with Crippen LogP contribution in [-0.2, 0) is 47.1 Å². The molecule has 54 heavy (non-hydrogen) atoms. The molecule has 1 saturated carbocycles. The fourth-order valence-electron chi connectivity index (χ4n) is 6.94. The number of aliphatic imine (C=N–C) groups is 1. The molecule has 7 N–H and O–H groups in total. The lowest BCUT2D eigenvalue weighted by atomic mass is 9.92. The van der Waals surface area contributed by atoms with Crippen molar-refractivity contribution >= 4 is 70.6 Å². The van der Waals surface area contributed by atoms with Gasteiger partial charge in [-0.15, -0.1) is 11.8 Å². The number of nitrogens with two attached hydrogens (primary N) is 2. The molecule has 4 heterocycles. The maximum Gasteiger partial charge on any atom is 0.321 e. The van der Waals surface area contributed by atoms with Gasteiger partial charge in [0.15, 0.2) is 0 Å². The third-order valence-electron chi connectivity index (χ3n) is 10.1. The summed E-state index contributed by atoms with van der Waals surface area (Å²) in [6.07, 6.45) is 5.82. The number of aliphatic hydroxyl groups excluding tert-OH is 1. The van der Waals surface area contributed by atoms with Crippen molar-refractivity contribution in [3.63, 3.8) is 0 Å². The van der Waals surface area contributed by atoms with E-state index in [4.69, 9.17) is 16.6 Å². The van der Waals surface area contributed by atoms with Gasteiger partial charge >= 0.3 is 5.97 Å². The number of amides is 5. The van der Waals surface area contributed by atoms with Crippen LogP contribution in [-0.4, -0.2) is 121 Å². The van der Waals surface area contributed by atoms with Crippen LogP contribution in [0.5, 0.6) is 0 Å². The number of rotatable bonds is 14. The second-order valence-electron chi connectivity index (χ2n) is 14.0. The molecule has 2 aromatic rings. The Morgan fingerprint density at radius 2 is 1.94 bits per heavy atom. The lowest BCUT2D eigenvalue weighted by Gasteiger charge is -2.30. The molecule has 5 amide bonds. The van der Waals surface area contributed by atoms with E-state index in [0.29, 0.717) is 54.9 Å². The van der Waals surface area contributed by atoms with Gasteiger partial charge in [-0.25, -0.2) is 4.99 Å². The van der Waals surface area contributed by atoms with Crippen molar-refractivity contribution in [2.75, 3.05) is 43.9 Å². The van der Waals surface area contributed by atoms with E-state index in [9.17, 15) is 33.9 Å². The van der Waals surface area contributed by atoms with Crippen molar-refractivity contribution in [2.45, 2.75) is 68.7 Å². The number of thioether (sulfide) groups is 1. The van der Waals surface area contributed by atoms with Gasteiger partial charge in [-0.1, -0.05) is 19.1 Å². The summed E-state index contributed by atoms with van der Waals surface area (Å²) >= 11 is 0.994. The molecular weight excluding hydrogens is 717 g/mol. The first kappa shape index (κ1) is 38.6.